The van der Waals surface area contributed by atoms with E-state index in [9.17, 15) is 9.59 Å². The van der Waals surface area contributed by atoms with Crippen molar-refractivity contribution in [2.24, 2.45) is 5.10 Å². The molecule has 3 rings (SSSR count). The van der Waals surface area contributed by atoms with Crippen LogP contribution < -0.4 is 10.7 Å². The first-order valence-corrected chi connectivity index (χ1v) is 10.4. The van der Waals surface area contributed by atoms with Crippen LogP contribution in [0.3, 0.4) is 0 Å². The summed E-state index contributed by atoms with van der Waals surface area (Å²) in [7, 11) is 0. The summed E-state index contributed by atoms with van der Waals surface area (Å²) in [4.78, 5) is 24.5. The lowest BCUT2D eigenvalue weighted by atomic mass is 10.1. The van der Waals surface area contributed by atoms with E-state index in [2.05, 4.69) is 31.8 Å². The molecule has 8 heteroatoms. The highest BCUT2D eigenvalue weighted by Crippen LogP contribution is 2.22. The van der Waals surface area contributed by atoms with Gasteiger partial charge in [0.05, 0.1) is 16.3 Å². The van der Waals surface area contributed by atoms with Gasteiger partial charge in [-0.15, -0.1) is 0 Å². The van der Waals surface area contributed by atoms with Gasteiger partial charge in [-0.05, 0) is 67.1 Å². The van der Waals surface area contributed by atoms with E-state index in [-0.39, 0.29) is 16.8 Å². The van der Waals surface area contributed by atoms with E-state index in [1.54, 1.807) is 67.6 Å². The van der Waals surface area contributed by atoms with E-state index >= 15 is 0 Å². The first-order valence-electron chi connectivity index (χ1n) is 8.80. The number of nitrogens with one attached hydrogen (secondary N) is 2. The molecule has 0 aliphatic rings. The number of hydrogen-bond donors (Lipinski definition) is 2. The Kier molecular flexibility index (Phi) is 7.26. The summed E-state index contributed by atoms with van der Waals surface area (Å²) in [5.41, 5.74) is 5.40. The maximum atomic E-state index is 12.4. The number of hydrogen-bond acceptors (Lipinski definition) is 3. The number of anilines is 1. The number of carbonyl (C=O) groups excluding carboxylic acids is 2. The Bertz CT molecular complexity index is 1110. The van der Waals surface area contributed by atoms with Crippen LogP contribution in [0.5, 0.6) is 0 Å². The number of benzene rings is 3. The molecule has 152 valence electrons. The third-order valence-electron chi connectivity index (χ3n) is 4.17. The average molecular weight is 505 g/mol. The van der Waals surface area contributed by atoms with Gasteiger partial charge in [-0.2, -0.15) is 5.10 Å². The Morgan fingerprint density at radius 1 is 0.867 bits per heavy atom. The molecule has 0 spiro atoms. The molecule has 2 N–H and O–H groups in total. The molecule has 0 unspecified atom stereocenters. The summed E-state index contributed by atoms with van der Waals surface area (Å²) in [5.74, 6) is -0.637. The summed E-state index contributed by atoms with van der Waals surface area (Å²) in [6.07, 6.45) is 0. The van der Waals surface area contributed by atoms with Gasteiger partial charge in [0.25, 0.3) is 11.8 Å². The molecule has 0 saturated carbocycles. The second-order valence-electron chi connectivity index (χ2n) is 6.30. The lowest BCUT2D eigenvalue weighted by Crippen LogP contribution is -2.19. The Labute approximate surface area is 192 Å². The fourth-order valence-corrected chi connectivity index (χ4v) is 3.29. The zero-order valence-corrected chi connectivity index (χ0v) is 18.8. The van der Waals surface area contributed by atoms with Crippen LogP contribution in [0, 0.1) is 0 Å². The van der Waals surface area contributed by atoms with Crippen molar-refractivity contribution in [2.45, 2.75) is 6.92 Å². The molecule has 0 atom stereocenters. The Morgan fingerprint density at radius 2 is 1.50 bits per heavy atom. The minimum absolute atomic E-state index is 0.279. The van der Waals surface area contributed by atoms with Crippen molar-refractivity contribution in [3.8, 4) is 0 Å². The van der Waals surface area contributed by atoms with Crippen molar-refractivity contribution >= 4 is 62.3 Å². The molecule has 2 amide bonds. The third kappa shape index (κ3) is 5.69. The highest BCUT2D eigenvalue weighted by atomic mass is 79.9. The Morgan fingerprint density at radius 3 is 2.13 bits per heavy atom. The molecule has 0 saturated heterocycles. The van der Waals surface area contributed by atoms with Crippen LogP contribution in [0.1, 0.15) is 33.2 Å². The van der Waals surface area contributed by atoms with E-state index in [1.807, 2.05) is 0 Å². The van der Waals surface area contributed by atoms with Gasteiger partial charge in [0.15, 0.2) is 0 Å². The summed E-state index contributed by atoms with van der Waals surface area (Å²) in [6.45, 7) is 1.78. The summed E-state index contributed by atoms with van der Waals surface area (Å²) < 4.78 is 0.893. The van der Waals surface area contributed by atoms with Crippen LogP contribution in [-0.2, 0) is 0 Å². The SMILES string of the molecule is CC(=NNC(=O)c1ccc(Br)cc1)c1ccc(NC(=O)c2ccc(Cl)cc2Cl)cc1. The van der Waals surface area contributed by atoms with Crippen LogP contribution >= 0.6 is 39.1 Å². The van der Waals surface area contributed by atoms with Crippen LogP contribution in [0.4, 0.5) is 5.69 Å². The van der Waals surface area contributed by atoms with Crippen LogP contribution in [0.2, 0.25) is 10.0 Å². The van der Waals surface area contributed by atoms with Crippen molar-refractivity contribution in [2.75, 3.05) is 5.32 Å². The van der Waals surface area contributed by atoms with E-state index in [0.717, 1.165) is 10.0 Å². The van der Waals surface area contributed by atoms with Gasteiger partial charge in [-0.25, -0.2) is 5.43 Å². The predicted molar refractivity (Wildman–Crippen MR) is 125 cm³/mol. The maximum Gasteiger partial charge on any atom is 0.271 e. The minimum atomic E-state index is -0.337. The molecular weight excluding hydrogens is 489 g/mol. The topological polar surface area (TPSA) is 70.6 Å². The van der Waals surface area contributed by atoms with Crippen LogP contribution in [0.25, 0.3) is 0 Å². The zero-order valence-electron chi connectivity index (χ0n) is 15.7. The van der Waals surface area contributed by atoms with E-state index in [0.29, 0.717) is 27.5 Å². The van der Waals surface area contributed by atoms with Crippen molar-refractivity contribution in [1.82, 2.24) is 5.43 Å². The molecule has 0 fully saturated rings. The molecule has 0 radical (unpaired) electrons. The second-order valence-corrected chi connectivity index (χ2v) is 8.06. The highest BCUT2D eigenvalue weighted by Gasteiger charge is 2.11. The number of rotatable bonds is 5. The number of carbonyl (C=O) groups is 2. The summed E-state index contributed by atoms with van der Waals surface area (Å²) in [6, 6.07) is 18.7. The van der Waals surface area contributed by atoms with Gasteiger partial charge in [0.1, 0.15) is 0 Å². The Balaban J connectivity index is 1.64. The van der Waals surface area contributed by atoms with Gasteiger partial charge >= 0.3 is 0 Å². The highest BCUT2D eigenvalue weighted by molar-refractivity contribution is 9.10. The zero-order chi connectivity index (χ0) is 21.7. The lowest BCUT2D eigenvalue weighted by molar-refractivity contribution is 0.0954. The lowest BCUT2D eigenvalue weighted by Gasteiger charge is -2.08. The van der Waals surface area contributed by atoms with Gasteiger partial charge in [-0.1, -0.05) is 51.3 Å². The van der Waals surface area contributed by atoms with E-state index in [1.165, 1.54) is 6.07 Å². The average Bonchev–Trinajstić information content (AvgIpc) is 2.72. The van der Waals surface area contributed by atoms with Crippen molar-refractivity contribution in [3.63, 3.8) is 0 Å². The molecule has 3 aromatic rings. The first-order chi connectivity index (χ1) is 14.3. The van der Waals surface area contributed by atoms with E-state index < -0.39 is 0 Å². The molecule has 0 heterocycles. The number of halogens is 3. The van der Waals surface area contributed by atoms with Crippen molar-refractivity contribution < 1.29 is 9.59 Å². The van der Waals surface area contributed by atoms with Crippen LogP contribution in [-0.4, -0.2) is 17.5 Å². The third-order valence-corrected chi connectivity index (χ3v) is 5.24. The standard InChI is InChI=1S/C22H16BrCl2N3O2/c1-13(27-28-21(29)15-2-6-16(23)7-3-15)14-4-9-18(10-5-14)26-22(30)19-11-8-17(24)12-20(19)25/h2-12H,1H3,(H,26,30)(H,28,29). The van der Waals surface area contributed by atoms with Crippen LogP contribution in [0.15, 0.2) is 76.3 Å². The van der Waals surface area contributed by atoms with Gasteiger partial charge in [0.2, 0.25) is 0 Å². The number of nitrogens with zero attached hydrogens (tertiary/aromatic N) is 1. The Hall–Kier alpha value is -2.67. The molecule has 5 nitrogen and oxygen atoms in total. The quantitative estimate of drug-likeness (QED) is 0.322. The molecule has 30 heavy (non-hydrogen) atoms. The fraction of sp³-hybridized carbons (Fsp3) is 0.0455. The molecule has 0 aromatic heterocycles. The molecule has 3 aromatic carbocycles. The fourth-order valence-electron chi connectivity index (χ4n) is 2.53. The second kappa shape index (κ2) is 9.89. The molecule has 0 aliphatic heterocycles. The largest absolute Gasteiger partial charge is 0.322 e. The predicted octanol–water partition coefficient (Wildman–Crippen LogP) is 6.16. The summed E-state index contributed by atoms with van der Waals surface area (Å²) >= 11 is 15.3. The molecular formula is C22H16BrCl2N3O2. The summed E-state index contributed by atoms with van der Waals surface area (Å²) in [5, 5.41) is 7.66. The smallest absolute Gasteiger partial charge is 0.271 e. The monoisotopic (exact) mass is 503 g/mol. The number of hydrazone groups is 1. The van der Waals surface area contributed by atoms with Gasteiger partial charge in [-0.3, -0.25) is 9.59 Å². The van der Waals surface area contributed by atoms with Crippen molar-refractivity contribution in [1.29, 1.82) is 0 Å². The minimum Gasteiger partial charge on any atom is -0.322 e. The normalized spacial score (nSPS) is 11.1. The van der Waals surface area contributed by atoms with E-state index in [4.69, 9.17) is 23.2 Å². The molecule has 0 bridgehead atoms. The van der Waals surface area contributed by atoms with Crippen molar-refractivity contribution in [3.05, 3.63) is 97.9 Å². The number of amides is 2. The van der Waals surface area contributed by atoms with Gasteiger partial charge in [0, 0.05) is 20.7 Å². The van der Waals surface area contributed by atoms with Gasteiger partial charge < -0.3 is 5.32 Å². The molecule has 0 aliphatic carbocycles. The maximum absolute atomic E-state index is 12.4. The first kappa shape index (κ1) is 22.0.